The Balaban J connectivity index is 1.73. The molecule has 3 rings (SSSR count). The fraction of sp³-hybridized carbons (Fsp3) is 0.222. The second-order valence-corrected chi connectivity index (χ2v) is 6.77. The molecule has 0 spiro atoms. The molecule has 2 aromatic heterocycles. The fourth-order valence-electron chi connectivity index (χ4n) is 2.41. The molecule has 0 saturated carbocycles. The Kier molecular flexibility index (Phi) is 5.69. The number of ether oxygens (including phenoxy) is 1. The Labute approximate surface area is 167 Å². The van der Waals surface area contributed by atoms with Crippen molar-refractivity contribution in [2.45, 2.75) is 12.6 Å². The summed E-state index contributed by atoms with van der Waals surface area (Å²) in [7, 11) is 2.82. The van der Waals surface area contributed by atoms with Gasteiger partial charge in [-0.05, 0) is 30.3 Å². The minimum absolute atomic E-state index is 0.00745. The highest BCUT2D eigenvalue weighted by molar-refractivity contribution is 7.14. The molecule has 0 aliphatic heterocycles. The second kappa shape index (κ2) is 8.03. The molecule has 0 radical (unpaired) electrons. The van der Waals surface area contributed by atoms with E-state index in [4.69, 9.17) is 0 Å². The molecule has 11 heteroatoms. The number of rotatable bonds is 5. The zero-order valence-electron chi connectivity index (χ0n) is 15.3. The number of esters is 1. The molecule has 2 heterocycles. The molecule has 29 heavy (non-hydrogen) atoms. The zero-order valence-corrected chi connectivity index (χ0v) is 16.1. The van der Waals surface area contributed by atoms with Gasteiger partial charge in [-0.15, -0.1) is 11.3 Å². The number of nitrogens with zero attached hydrogens (tertiary/aromatic N) is 4. The number of aromatic nitrogens is 3. The topological polar surface area (TPSA) is 77.3 Å². The number of hydrogen-bond acceptors (Lipinski definition) is 6. The lowest BCUT2D eigenvalue weighted by molar-refractivity contribution is -0.141. The van der Waals surface area contributed by atoms with Crippen molar-refractivity contribution in [1.29, 1.82) is 0 Å². The van der Waals surface area contributed by atoms with E-state index in [2.05, 4.69) is 14.8 Å². The van der Waals surface area contributed by atoms with Crippen LogP contribution in [0.4, 0.5) is 18.3 Å². The third kappa shape index (κ3) is 4.62. The first-order valence-corrected chi connectivity index (χ1v) is 9.09. The van der Waals surface area contributed by atoms with Crippen LogP contribution < -0.4 is 4.90 Å². The van der Waals surface area contributed by atoms with E-state index in [1.807, 2.05) is 0 Å². The van der Waals surface area contributed by atoms with Crippen molar-refractivity contribution in [2.24, 2.45) is 0 Å². The average molecular weight is 424 g/mol. The number of anilines is 1. The van der Waals surface area contributed by atoms with Crippen molar-refractivity contribution in [2.75, 3.05) is 19.1 Å². The van der Waals surface area contributed by atoms with Gasteiger partial charge in [0.25, 0.3) is 5.91 Å². The van der Waals surface area contributed by atoms with Gasteiger partial charge in [0, 0.05) is 24.2 Å². The number of methoxy groups -OCH3 is 1. The zero-order chi connectivity index (χ0) is 21.2. The van der Waals surface area contributed by atoms with Crippen molar-refractivity contribution in [3.05, 3.63) is 58.9 Å². The van der Waals surface area contributed by atoms with Crippen LogP contribution in [0.15, 0.2) is 41.9 Å². The SMILES string of the molecule is COC(=O)Cc1csc(N(C)C(=O)c2ccc(-n3ccc(C(F)(F)F)n3)cc2)n1. The lowest BCUT2D eigenvalue weighted by Gasteiger charge is -2.14. The lowest BCUT2D eigenvalue weighted by atomic mass is 10.2. The normalized spacial score (nSPS) is 11.3. The molecule has 0 unspecified atom stereocenters. The van der Waals surface area contributed by atoms with Gasteiger partial charge in [0.2, 0.25) is 0 Å². The molecular formula is C18H15F3N4O3S. The maximum absolute atomic E-state index is 12.7. The van der Waals surface area contributed by atoms with E-state index in [-0.39, 0.29) is 12.3 Å². The first kappa shape index (κ1) is 20.5. The van der Waals surface area contributed by atoms with E-state index in [1.165, 1.54) is 53.8 Å². The summed E-state index contributed by atoms with van der Waals surface area (Å²) in [6.45, 7) is 0. The molecule has 0 bridgehead atoms. The Morgan fingerprint density at radius 3 is 2.48 bits per heavy atom. The number of benzene rings is 1. The number of carbonyl (C=O) groups excluding carboxylic acids is 2. The molecule has 0 N–H and O–H groups in total. The van der Waals surface area contributed by atoms with Gasteiger partial charge < -0.3 is 4.74 Å². The van der Waals surface area contributed by atoms with Gasteiger partial charge in [-0.25, -0.2) is 9.67 Å². The van der Waals surface area contributed by atoms with Crippen molar-refractivity contribution < 1.29 is 27.5 Å². The van der Waals surface area contributed by atoms with Crippen LogP contribution >= 0.6 is 11.3 Å². The van der Waals surface area contributed by atoms with Crippen LogP contribution in [0, 0.1) is 0 Å². The molecule has 1 amide bonds. The van der Waals surface area contributed by atoms with Gasteiger partial charge in [-0.1, -0.05) is 0 Å². The Morgan fingerprint density at radius 1 is 1.21 bits per heavy atom. The monoisotopic (exact) mass is 424 g/mol. The van der Waals surface area contributed by atoms with E-state index >= 15 is 0 Å². The summed E-state index contributed by atoms with van der Waals surface area (Å²) in [5.41, 5.74) is 0.202. The van der Waals surface area contributed by atoms with Gasteiger partial charge in [0.05, 0.1) is 24.9 Å². The number of carbonyl (C=O) groups is 2. The lowest BCUT2D eigenvalue weighted by Crippen LogP contribution is -2.26. The largest absolute Gasteiger partial charge is 0.469 e. The maximum Gasteiger partial charge on any atom is 0.435 e. The molecule has 3 aromatic rings. The number of alkyl halides is 3. The summed E-state index contributed by atoms with van der Waals surface area (Å²) in [6.07, 6.45) is -3.32. The molecule has 0 saturated heterocycles. The number of hydrogen-bond donors (Lipinski definition) is 0. The fourth-order valence-corrected chi connectivity index (χ4v) is 3.20. The predicted molar refractivity (Wildman–Crippen MR) is 99.1 cm³/mol. The molecular weight excluding hydrogens is 409 g/mol. The van der Waals surface area contributed by atoms with Crippen molar-refractivity contribution >= 4 is 28.3 Å². The molecule has 0 atom stereocenters. The summed E-state index contributed by atoms with van der Waals surface area (Å²) in [4.78, 5) is 29.5. The third-order valence-corrected chi connectivity index (χ3v) is 4.91. The van der Waals surface area contributed by atoms with Crippen molar-refractivity contribution in [1.82, 2.24) is 14.8 Å². The van der Waals surface area contributed by atoms with Crippen LogP contribution in [0.25, 0.3) is 5.69 Å². The summed E-state index contributed by atoms with van der Waals surface area (Å²) in [5, 5.41) is 5.56. The third-order valence-electron chi connectivity index (χ3n) is 3.94. The quantitative estimate of drug-likeness (QED) is 0.587. The first-order chi connectivity index (χ1) is 13.7. The maximum atomic E-state index is 12.7. The number of amides is 1. The molecule has 7 nitrogen and oxygen atoms in total. The van der Waals surface area contributed by atoms with E-state index in [0.29, 0.717) is 22.1 Å². The van der Waals surface area contributed by atoms with Crippen LogP contribution in [0.3, 0.4) is 0 Å². The predicted octanol–water partition coefficient (Wildman–Crippen LogP) is 3.34. The van der Waals surface area contributed by atoms with Gasteiger partial charge in [0.1, 0.15) is 0 Å². The van der Waals surface area contributed by atoms with Crippen LogP contribution in [0.5, 0.6) is 0 Å². The minimum atomic E-state index is -4.52. The van der Waals surface area contributed by atoms with Crippen molar-refractivity contribution in [3.8, 4) is 5.69 Å². The smallest absolute Gasteiger partial charge is 0.435 e. The molecule has 1 aromatic carbocycles. The molecule has 152 valence electrons. The number of halogens is 3. The first-order valence-electron chi connectivity index (χ1n) is 8.21. The van der Waals surface area contributed by atoms with E-state index in [9.17, 15) is 22.8 Å². The van der Waals surface area contributed by atoms with Gasteiger partial charge >= 0.3 is 12.1 Å². The highest BCUT2D eigenvalue weighted by Gasteiger charge is 2.33. The van der Waals surface area contributed by atoms with Crippen LogP contribution in [-0.4, -0.2) is 40.8 Å². The summed E-state index contributed by atoms with van der Waals surface area (Å²) < 4.78 is 43.7. The second-order valence-electron chi connectivity index (χ2n) is 5.93. The molecule has 0 aliphatic rings. The summed E-state index contributed by atoms with van der Waals surface area (Å²) in [6, 6.07) is 6.86. The van der Waals surface area contributed by atoms with Crippen LogP contribution in [0.1, 0.15) is 21.7 Å². The Morgan fingerprint density at radius 2 is 1.90 bits per heavy atom. The standard InChI is InChI=1S/C18H15F3N4O3S/c1-24(17-22-12(10-29-17)9-15(26)28-2)16(27)11-3-5-13(6-4-11)25-8-7-14(23-25)18(19,20)21/h3-8,10H,9H2,1-2H3. The average Bonchev–Trinajstić information content (AvgIpc) is 3.36. The molecule has 0 fully saturated rings. The van der Waals surface area contributed by atoms with E-state index in [1.54, 1.807) is 12.4 Å². The van der Waals surface area contributed by atoms with E-state index in [0.717, 1.165) is 10.7 Å². The van der Waals surface area contributed by atoms with Crippen LogP contribution in [0.2, 0.25) is 0 Å². The van der Waals surface area contributed by atoms with Crippen LogP contribution in [-0.2, 0) is 22.1 Å². The van der Waals surface area contributed by atoms with Crippen molar-refractivity contribution in [3.63, 3.8) is 0 Å². The molecule has 0 aliphatic carbocycles. The Bertz CT molecular complexity index is 1030. The van der Waals surface area contributed by atoms with E-state index < -0.39 is 17.8 Å². The van der Waals surface area contributed by atoms with Gasteiger partial charge in [-0.2, -0.15) is 18.3 Å². The highest BCUT2D eigenvalue weighted by Crippen LogP contribution is 2.28. The number of thiazole rings is 1. The van der Waals surface area contributed by atoms with Gasteiger partial charge in [0.15, 0.2) is 10.8 Å². The minimum Gasteiger partial charge on any atom is -0.469 e. The summed E-state index contributed by atoms with van der Waals surface area (Å²) in [5.74, 6) is -0.786. The highest BCUT2D eigenvalue weighted by atomic mass is 32.1. The van der Waals surface area contributed by atoms with Gasteiger partial charge in [-0.3, -0.25) is 14.5 Å². The summed E-state index contributed by atoms with van der Waals surface area (Å²) >= 11 is 1.20. The Hall–Kier alpha value is -3.21.